The predicted molar refractivity (Wildman–Crippen MR) is 68.3 cm³/mol. The average Bonchev–Trinajstić information content (AvgIpc) is 2.94. The summed E-state index contributed by atoms with van der Waals surface area (Å²) in [5.41, 5.74) is 0.773. The molecule has 94 valence electrons. The number of Topliss-reactive ketones (excluding diaryl/α,β-unsaturated/α-hetero) is 1. The van der Waals surface area contributed by atoms with Gasteiger partial charge in [-0.1, -0.05) is 25.0 Å². The van der Waals surface area contributed by atoms with E-state index in [0.717, 1.165) is 37.0 Å². The molecule has 1 unspecified atom stereocenters. The summed E-state index contributed by atoms with van der Waals surface area (Å²) in [7, 11) is 1.60. The van der Waals surface area contributed by atoms with Crippen molar-refractivity contribution in [1.29, 1.82) is 5.26 Å². The molecule has 0 heterocycles. The summed E-state index contributed by atoms with van der Waals surface area (Å²) in [5.74, 6) is 0.277. The van der Waals surface area contributed by atoms with Crippen LogP contribution in [0.15, 0.2) is 24.3 Å². The molecule has 1 aliphatic carbocycles. The van der Waals surface area contributed by atoms with Gasteiger partial charge < -0.3 is 4.74 Å². The van der Waals surface area contributed by atoms with Gasteiger partial charge in [-0.25, -0.2) is 0 Å². The molecule has 1 atom stereocenters. The number of methoxy groups -OCH3 is 1. The van der Waals surface area contributed by atoms with Crippen LogP contribution < -0.4 is 4.74 Å². The smallest absolute Gasteiger partial charge is 0.157 e. The summed E-state index contributed by atoms with van der Waals surface area (Å²) in [4.78, 5) is 12.3. The molecule has 1 aliphatic rings. The normalized spacial score (nSPS) is 17.1. The highest BCUT2D eigenvalue weighted by Gasteiger charge is 2.30. The van der Waals surface area contributed by atoms with E-state index in [-0.39, 0.29) is 11.7 Å². The summed E-state index contributed by atoms with van der Waals surface area (Å²) >= 11 is 0. The molecule has 1 fully saturated rings. The monoisotopic (exact) mass is 243 g/mol. The maximum atomic E-state index is 12.3. The second-order valence-corrected chi connectivity index (χ2v) is 4.72. The van der Waals surface area contributed by atoms with Gasteiger partial charge in [0.25, 0.3) is 0 Å². The van der Waals surface area contributed by atoms with E-state index in [9.17, 15) is 10.1 Å². The van der Waals surface area contributed by atoms with E-state index in [1.54, 1.807) is 31.4 Å². The third kappa shape index (κ3) is 2.53. The quantitative estimate of drug-likeness (QED) is 0.816. The number of nitriles is 1. The lowest BCUT2D eigenvalue weighted by molar-refractivity contribution is -0.123. The molecule has 0 amide bonds. The number of ketones is 1. The molecule has 3 heteroatoms. The van der Waals surface area contributed by atoms with Gasteiger partial charge in [-0.05, 0) is 30.5 Å². The molecule has 1 aromatic carbocycles. The number of hydrogen-bond acceptors (Lipinski definition) is 3. The van der Waals surface area contributed by atoms with Gasteiger partial charge in [0, 0.05) is 5.92 Å². The maximum absolute atomic E-state index is 12.3. The van der Waals surface area contributed by atoms with Crippen LogP contribution in [0.2, 0.25) is 0 Å². The fourth-order valence-corrected chi connectivity index (χ4v) is 2.54. The molecule has 0 N–H and O–H groups in total. The molecule has 0 aromatic heterocycles. The fraction of sp³-hybridized carbons (Fsp3) is 0.467. The number of rotatable bonds is 4. The Morgan fingerprint density at radius 1 is 1.33 bits per heavy atom. The Bertz CT molecular complexity index is 452. The topological polar surface area (TPSA) is 50.1 Å². The van der Waals surface area contributed by atoms with E-state index in [2.05, 4.69) is 6.07 Å². The van der Waals surface area contributed by atoms with Gasteiger partial charge in [0.05, 0.1) is 13.2 Å². The Morgan fingerprint density at radius 3 is 2.44 bits per heavy atom. The number of hydrogen-bond donors (Lipinski definition) is 0. The molecule has 0 spiro atoms. The number of nitrogens with zero attached hydrogens (tertiary/aromatic N) is 1. The van der Waals surface area contributed by atoms with Crippen LogP contribution in [0.4, 0.5) is 0 Å². The zero-order valence-corrected chi connectivity index (χ0v) is 10.6. The highest BCUT2D eigenvalue weighted by atomic mass is 16.5. The first-order valence-electron chi connectivity index (χ1n) is 6.33. The van der Waals surface area contributed by atoms with Gasteiger partial charge >= 0.3 is 0 Å². The van der Waals surface area contributed by atoms with E-state index in [1.165, 1.54) is 0 Å². The summed E-state index contributed by atoms with van der Waals surface area (Å²) < 4.78 is 5.07. The van der Waals surface area contributed by atoms with Crippen molar-refractivity contribution in [2.75, 3.05) is 7.11 Å². The standard InChI is InChI=1S/C15H17NO2/c1-18-13-8-6-11(7-9-13)14(10-16)15(17)12-4-2-3-5-12/h6-9,12,14H,2-5H2,1H3. The highest BCUT2D eigenvalue weighted by Crippen LogP contribution is 2.31. The van der Waals surface area contributed by atoms with E-state index >= 15 is 0 Å². The van der Waals surface area contributed by atoms with Crippen molar-refractivity contribution >= 4 is 5.78 Å². The third-order valence-electron chi connectivity index (χ3n) is 3.62. The summed E-state index contributed by atoms with van der Waals surface area (Å²) in [5, 5.41) is 9.23. The van der Waals surface area contributed by atoms with Gasteiger partial charge in [0.1, 0.15) is 11.7 Å². The molecular weight excluding hydrogens is 226 g/mol. The van der Waals surface area contributed by atoms with Crippen LogP contribution in [-0.4, -0.2) is 12.9 Å². The summed E-state index contributed by atoms with van der Waals surface area (Å²) in [6, 6.07) is 9.34. The lowest BCUT2D eigenvalue weighted by atomic mass is 9.87. The number of benzene rings is 1. The zero-order valence-electron chi connectivity index (χ0n) is 10.6. The first-order valence-corrected chi connectivity index (χ1v) is 6.33. The molecule has 1 saturated carbocycles. The van der Waals surface area contributed by atoms with E-state index < -0.39 is 5.92 Å². The minimum atomic E-state index is -0.626. The molecule has 0 bridgehead atoms. The SMILES string of the molecule is COc1ccc(C(C#N)C(=O)C2CCCC2)cc1. The van der Waals surface area contributed by atoms with Crippen LogP contribution in [0.1, 0.15) is 37.2 Å². The fourth-order valence-electron chi connectivity index (χ4n) is 2.54. The van der Waals surface area contributed by atoms with E-state index in [4.69, 9.17) is 4.74 Å². The first-order chi connectivity index (χ1) is 8.76. The lowest BCUT2D eigenvalue weighted by Crippen LogP contribution is -2.19. The largest absolute Gasteiger partial charge is 0.497 e. The van der Waals surface area contributed by atoms with E-state index in [0.29, 0.717) is 0 Å². The van der Waals surface area contributed by atoms with Gasteiger partial charge in [-0.15, -0.1) is 0 Å². The Hall–Kier alpha value is -1.82. The molecule has 0 aliphatic heterocycles. The summed E-state index contributed by atoms with van der Waals surface area (Å²) in [6.07, 6.45) is 4.09. The molecule has 3 nitrogen and oxygen atoms in total. The van der Waals surface area contributed by atoms with Crippen molar-refractivity contribution < 1.29 is 9.53 Å². The Labute approximate surface area is 107 Å². The molecule has 18 heavy (non-hydrogen) atoms. The molecule has 2 rings (SSSR count). The summed E-state index contributed by atoms with van der Waals surface area (Å²) in [6.45, 7) is 0. The minimum Gasteiger partial charge on any atom is -0.497 e. The van der Waals surface area contributed by atoms with Gasteiger partial charge in [-0.2, -0.15) is 5.26 Å². The van der Waals surface area contributed by atoms with Crippen LogP contribution in [-0.2, 0) is 4.79 Å². The van der Waals surface area contributed by atoms with Gasteiger partial charge in [-0.3, -0.25) is 4.79 Å². The second-order valence-electron chi connectivity index (χ2n) is 4.72. The average molecular weight is 243 g/mol. The van der Waals surface area contributed by atoms with Gasteiger partial charge in [0.15, 0.2) is 5.78 Å². The van der Waals surface area contributed by atoms with Crippen LogP contribution >= 0.6 is 0 Å². The van der Waals surface area contributed by atoms with E-state index in [1.807, 2.05) is 0 Å². The van der Waals surface area contributed by atoms with Crippen LogP contribution in [0.25, 0.3) is 0 Å². The number of carbonyl (C=O) groups is 1. The Kier molecular flexibility index (Phi) is 3.99. The van der Waals surface area contributed by atoms with Crippen molar-refractivity contribution in [3.8, 4) is 11.8 Å². The van der Waals surface area contributed by atoms with Crippen molar-refractivity contribution in [1.82, 2.24) is 0 Å². The van der Waals surface area contributed by atoms with Crippen molar-refractivity contribution in [2.24, 2.45) is 5.92 Å². The highest BCUT2D eigenvalue weighted by molar-refractivity contribution is 5.90. The minimum absolute atomic E-state index is 0.0803. The number of carbonyl (C=O) groups excluding carboxylic acids is 1. The molecule has 0 saturated heterocycles. The second kappa shape index (κ2) is 5.68. The predicted octanol–water partition coefficient (Wildman–Crippen LogP) is 3.06. The van der Waals surface area contributed by atoms with Crippen LogP contribution in [0, 0.1) is 17.2 Å². The Balaban J connectivity index is 2.16. The molecule has 0 radical (unpaired) electrons. The lowest BCUT2D eigenvalue weighted by Gasteiger charge is -2.13. The number of ether oxygens (including phenoxy) is 1. The Morgan fingerprint density at radius 2 is 1.94 bits per heavy atom. The van der Waals surface area contributed by atoms with Crippen LogP contribution in [0.5, 0.6) is 5.75 Å². The third-order valence-corrected chi connectivity index (χ3v) is 3.62. The zero-order chi connectivity index (χ0) is 13.0. The molecule has 1 aromatic rings. The molecular formula is C15H17NO2. The van der Waals surface area contributed by atoms with Gasteiger partial charge in [0.2, 0.25) is 0 Å². The van der Waals surface area contributed by atoms with Crippen molar-refractivity contribution in [2.45, 2.75) is 31.6 Å². The van der Waals surface area contributed by atoms with Crippen molar-refractivity contribution in [3.63, 3.8) is 0 Å². The maximum Gasteiger partial charge on any atom is 0.157 e. The first kappa shape index (κ1) is 12.6. The van der Waals surface area contributed by atoms with Crippen molar-refractivity contribution in [3.05, 3.63) is 29.8 Å². The van der Waals surface area contributed by atoms with Crippen LogP contribution in [0.3, 0.4) is 0 Å².